The fraction of sp³-hybridized carbons (Fsp3) is 0.429. The number of hydrogen-bond donors (Lipinski definition) is 1. The Morgan fingerprint density at radius 1 is 1.18 bits per heavy atom. The van der Waals surface area contributed by atoms with Crippen LogP contribution in [0.5, 0.6) is 0 Å². The van der Waals surface area contributed by atoms with Gasteiger partial charge in [0, 0.05) is 43.2 Å². The Balaban J connectivity index is 0.000000406. The summed E-state index contributed by atoms with van der Waals surface area (Å²) in [6.45, 7) is 2.96. The molecule has 0 radical (unpaired) electrons. The van der Waals surface area contributed by atoms with Crippen LogP contribution < -0.4 is 0 Å². The summed E-state index contributed by atoms with van der Waals surface area (Å²) in [5, 5.41) is 11.8. The third-order valence-electron chi connectivity index (χ3n) is 5.21. The van der Waals surface area contributed by atoms with E-state index in [1.807, 2.05) is 37.4 Å². The molecule has 0 bridgehead atoms. The van der Waals surface area contributed by atoms with Crippen molar-refractivity contribution < 1.29 is 31.5 Å². The number of aromatic nitrogens is 4. The first-order valence-corrected chi connectivity index (χ1v) is 12.2. The van der Waals surface area contributed by atoms with Gasteiger partial charge in [-0.05, 0) is 49.1 Å². The van der Waals surface area contributed by atoms with E-state index in [1.54, 1.807) is 21.2 Å². The zero-order chi connectivity index (χ0) is 24.9. The summed E-state index contributed by atoms with van der Waals surface area (Å²) in [4.78, 5) is 17.6. The van der Waals surface area contributed by atoms with Crippen molar-refractivity contribution in [3.63, 3.8) is 0 Å². The van der Waals surface area contributed by atoms with E-state index in [4.69, 9.17) is 9.90 Å². The van der Waals surface area contributed by atoms with E-state index in [1.165, 1.54) is 0 Å². The summed E-state index contributed by atoms with van der Waals surface area (Å²) >= 11 is 0. The first kappa shape index (κ1) is 25.6. The van der Waals surface area contributed by atoms with Crippen LogP contribution in [0, 0.1) is 0 Å². The summed E-state index contributed by atoms with van der Waals surface area (Å²) in [6, 6.07) is 7.87. The maximum atomic E-state index is 12.4. The van der Waals surface area contributed by atoms with Crippen molar-refractivity contribution in [2.75, 3.05) is 18.8 Å². The number of fused-ring (bicyclic) bond motifs is 1. The molecule has 1 unspecified atom stereocenters. The smallest absolute Gasteiger partial charge is 0.475 e. The van der Waals surface area contributed by atoms with Gasteiger partial charge in [-0.3, -0.25) is 4.98 Å². The lowest BCUT2D eigenvalue weighted by molar-refractivity contribution is -0.192. The predicted octanol–water partition coefficient (Wildman–Crippen LogP) is 3.34. The van der Waals surface area contributed by atoms with Gasteiger partial charge in [-0.2, -0.15) is 18.3 Å². The highest BCUT2D eigenvalue weighted by molar-refractivity contribution is 7.89. The van der Waals surface area contributed by atoms with Crippen LogP contribution in [0.4, 0.5) is 13.2 Å². The molecule has 1 N–H and O–H groups in total. The molecule has 1 atom stereocenters. The molecule has 34 heavy (non-hydrogen) atoms. The fourth-order valence-electron chi connectivity index (χ4n) is 3.58. The minimum atomic E-state index is -5.08. The first-order chi connectivity index (χ1) is 16.0. The molecule has 3 aromatic heterocycles. The number of pyridine rings is 2. The minimum Gasteiger partial charge on any atom is -0.475 e. The van der Waals surface area contributed by atoms with E-state index in [0.717, 1.165) is 35.4 Å². The molecule has 3 aromatic rings. The number of alkyl halides is 3. The molecule has 1 aliphatic rings. The van der Waals surface area contributed by atoms with Gasteiger partial charge in [-0.1, -0.05) is 6.92 Å². The Morgan fingerprint density at radius 2 is 1.85 bits per heavy atom. The van der Waals surface area contributed by atoms with Crippen LogP contribution >= 0.6 is 0 Å². The second-order valence-electron chi connectivity index (χ2n) is 7.74. The van der Waals surface area contributed by atoms with Crippen LogP contribution in [-0.4, -0.2) is 68.4 Å². The van der Waals surface area contributed by atoms with E-state index >= 15 is 0 Å². The largest absolute Gasteiger partial charge is 0.490 e. The van der Waals surface area contributed by atoms with Crippen LogP contribution in [0.1, 0.15) is 37.9 Å². The average Bonchev–Trinajstić information content (AvgIpc) is 3.23. The second-order valence-corrected chi connectivity index (χ2v) is 9.83. The summed E-state index contributed by atoms with van der Waals surface area (Å²) in [5.74, 6) is -1.80. The number of carboxylic acids is 1. The number of nitrogens with zero attached hydrogens (tertiary/aromatic N) is 5. The SMILES string of the molecule is CCCS(=O)(=O)N1CCCC(c2nc3ccc(-c4ccncc4)cn3n2)C1.O=C(O)C(F)(F)F. The first-order valence-electron chi connectivity index (χ1n) is 10.6. The van der Waals surface area contributed by atoms with Gasteiger partial charge in [0.25, 0.3) is 0 Å². The minimum absolute atomic E-state index is 0.0367. The number of carbonyl (C=O) groups is 1. The van der Waals surface area contributed by atoms with Crippen LogP contribution in [0.2, 0.25) is 0 Å². The van der Waals surface area contributed by atoms with Gasteiger partial charge in [0.05, 0.1) is 5.75 Å². The third-order valence-corrected chi connectivity index (χ3v) is 7.25. The molecule has 4 rings (SSSR count). The Labute approximate surface area is 194 Å². The lowest BCUT2D eigenvalue weighted by Gasteiger charge is -2.30. The molecule has 9 nitrogen and oxygen atoms in total. The van der Waals surface area contributed by atoms with Crippen LogP contribution in [0.3, 0.4) is 0 Å². The molecule has 0 aliphatic carbocycles. The van der Waals surface area contributed by atoms with Crippen molar-refractivity contribution >= 4 is 21.6 Å². The number of aliphatic carboxylic acids is 1. The Morgan fingerprint density at radius 3 is 2.47 bits per heavy atom. The third kappa shape index (κ3) is 6.29. The second kappa shape index (κ2) is 10.5. The highest BCUT2D eigenvalue weighted by Gasteiger charge is 2.38. The van der Waals surface area contributed by atoms with Gasteiger partial charge < -0.3 is 5.11 Å². The van der Waals surface area contributed by atoms with E-state index in [9.17, 15) is 21.6 Å². The predicted molar refractivity (Wildman–Crippen MR) is 118 cm³/mol. The van der Waals surface area contributed by atoms with Crippen LogP contribution in [0.25, 0.3) is 16.8 Å². The molecule has 1 saturated heterocycles. The Hall–Kier alpha value is -3.06. The van der Waals surface area contributed by atoms with Crippen molar-refractivity contribution in [2.24, 2.45) is 0 Å². The number of hydrogen-bond acceptors (Lipinski definition) is 6. The van der Waals surface area contributed by atoms with Gasteiger partial charge in [0.1, 0.15) is 0 Å². The average molecular weight is 500 g/mol. The number of sulfonamides is 1. The van der Waals surface area contributed by atoms with Crippen molar-refractivity contribution in [3.8, 4) is 11.1 Å². The monoisotopic (exact) mass is 499 g/mol. The molecular formula is C21H24F3N5O4S. The number of halogens is 3. The number of piperidine rings is 1. The highest BCUT2D eigenvalue weighted by atomic mass is 32.2. The van der Waals surface area contributed by atoms with Crippen LogP contribution in [0.15, 0.2) is 42.9 Å². The van der Waals surface area contributed by atoms with E-state index in [2.05, 4.69) is 15.1 Å². The molecule has 13 heteroatoms. The highest BCUT2D eigenvalue weighted by Crippen LogP contribution is 2.27. The molecule has 1 aliphatic heterocycles. The van der Waals surface area contributed by atoms with E-state index in [0.29, 0.717) is 19.5 Å². The number of rotatable bonds is 5. The molecule has 0 amide bonds. The van der Waals surface area contributed by atoms with Crippen molar-refractivity contribution in [1.82, 2.24) is 23.9 Å². The quantitative estimate of drug-likeness (QED) is 0.572. The van der Waals surface area contributed by atoms with Crippen molar-refractivity contribution in [3.05, 3.63) is 48.7 Å². The molecule has 0 saturated carbocycles. The summed E-state index contributed by atoms with van der Waals surface area (Å²) < 4.78 is 60.0. The van der Waals surface area contributed by atoms with Gasteiger partial charge in [0.15, 0.2) is 11.5 Å². The van der Waals surface area contributed by atoms with Crippen molar-refractivity contribution in [2.45, 2.75) is 38.3 Å². The Bertz CT molecular complexity index is 1230. The summed E-state index contributed by atoms with van der Waals surface area (Å²) in [5.41, 5.74) is 2.88. The zero-order valence-electron chi connectivity index (χ0n) is 18.3. The molecule has 184 valence electrons. The van der Waals surface area contributed by atoms with Gasteiger partial charge >= 0.3 is 12.1 Å². The maximum absolute atomic E-state index is 12.4. The molecule has 1 fully saturated rings. The molecule has 0 spiro atoms. The normalized spacial score (nSPS) is 17.2. The topological polar surface area (TPSA) is 118 Å². The molecule has 4 heterocycles. The standard InChI is InChI=1S/C19H23N5O2S.C2HF3O2/c1-2-12-27(25,26)23-11-3-4-17(13-23)19-21-18-6-5-16(14-24(18)22-19)15-7-9-20-10-8-15;3-2(4,5)1(6)7/h5-10,14,17H,2-4,11-13H2,1H3;(H,6,7). The Kier molecular flexibility index (Phi) is 7.87. The van der Waals surface area contributed by atoms with Crippen LogP contribution in [-0.2, 0) is 14.8 Å². The summed E-state index contributed by atoms with van der Waals surface area (Å²) in [6.07, 6.45) is 2.78. The van der Waals surface area contributed by atoms with E-state index in [-0.39, 0.29) is 11.7 Å². The number of carboxylic acid groups (broad SMARTS) is 1. The van der Waals surface area contributed by atoms with Gasteiger partial charge in [-0.15, -0.1) is 0 Å². The lowest BCUT2D eigenvalue weighted by Crippen LogP contribution is -2.40. The lowest BCUT2D eigenvalue weighted by atomic mass is 9.99. The van der Waals surface area contributed by atoms with Gasteiger partial charge in [-0.25, -0.2) is 27.0 Å². The molecule has 0 aromatic carbocycles. The van der Waals surface area contributed by atoms with Crippen molar-refractivity contribution in [1.29, 1.82) is 0 Å². The fourth-order valence-corrected chi connectivity index (χ4v) is 5.17. The zero-order valence-corrected chi connectivity index (χ0v) is 19.1. The van der Waals surface area contributed by atoms with E-state index < -0.39 is 22.2 Å². The van der Waals surface area contributed by atoms with Gasteiger partial charge in [0.2, 0.25) is 10.0 Å². The summed E-state index contributed by atoms with van der Waals surface area (Å²) in [7, 11) is -3.18. The maximum Gasteiger partial charge on any atom is 0.490 e. The molecular weight excluding hydrogens is 475 g/mol.